The van der Waals surface area contributed by atoms with Crippen LogP contribution in [0.1, 0.15) is 98.8 Å². The van der Waals surface area contributed by atoms with Crippen molar-refractivity contribution in [3.63, 3.8) is 0 Å². The first-order valence-corrected chi connectivity index (χ1v) is 18.7. The Kier molecular flexibility index (Phi) is 16.3. The molecule has 1 aliphatic carbocycles. The molecule has 1 saturated heterocycles. The van der Waals surface area contributed by atoms with E-state index in [2.05, 4.69) is 0 Å². The summed E-state index contributed by atoms with van der Waals surface area (Å²) < 4.78 is 16.9. The van der Waals surface area contributed by atoms with Crippen molar-refractivity contribution in [3.05, 3.63) is 41.2 Å². The van der Waals surface area contributed by atoms with Crippen molar-refractivity contribution < 1.29 is 43.5 Å². The molecule has 1 unspecified atom stereocenters. The molecule has 2 heterocycles. The van der Waals surface area contributed by atoms with E-state index in [1.165, 1.54) is 12.8 Å². The Balaban J connectivity index is 1.70. The highest BCUT2D eigenvalue weighted by molar-refractivity contribution is 5.70. The molecule has 50 heavy (non-hydrogen) atoms. The number of nitrogens with zero attached hydrogens (tertiary/aromatic N) is 3. The van der Waals surface area contributed by atoms with E-state index in [-0.39, 0.29) is 54.5 Å². The maximum Gasteiger partial charge on any atom is 0.410 e. The van der Waals surface area contributed by atoms with E-state index >= 15 is 0 Å². The van der Waals surface area contributed by atoms with Crippen LogP contribution in [-0.4, -0.2) is 119 Å². The minimum Gasteiger partial charge on any atom is -0.632 e. The Morgan fingerprint density at radius 2 is 1.84 bits per heavy atom. The summed E-state index contributed by atoms with van der Waals surface area (Å²) in [7, 11) is 1.70. The molecule has 0 radical (unpaired) electrons. The fourth-order valence-corrected chi connectivity index (χ4v) is 7.00. The molecule has 2 N–H and O–H groups in total. The van der Waals surface area contributed by atoms with Crippen LogP contribution in [0.3, 0.4) is 0 Å². The molecule has 0 bridgehead atoms. The maximum atomic E-state index is 13.7. The molecular formula is C38H63N3O9. The molecule has 3 rings (SSSR count). The quantitative estimate of drug-likeness (QED) is 0.0572. The summed E-state index contributed by atoms with van der Waals surface area (Å²) in [6.07, 6.45) is 12.4. The molecule has 0 aromatic carbocycles. The first-order valence-electron chi connectivity index (χ1n) is 18.7. The summed E-state index contributed by atoms with van der Waals surface area (Å²) in [5, 5.41) is 35.9. The third-order valence-electron chi connectivity index (χ3n) is 10.4. The second-order valence-electron chi connectivity index (χ2n) is 15.0. The van der Waals surface area contributed by atoms with Crippen molar-refractivity contribution in [2.45, 2.75) is 129 Å². The summed E-state index contributed by atoms with van der Waals surface area (Å²) in [6, 6.07) is 0.0827. The lowest BCUT2D eigenvalue weighted by molar-refractivity contribution is -0.909. The number of cyclic esters (lactones) is 1. The van der Waals surface area contributed by atoms with Gasteiger partial charge in [0.1, 0.15) is 11.7 Å². The van der Waals surface area contributed by atoms with Gasteiger partial charge in [0.25, 0.3) is 0 Å². The van der Waals surface area contributed by atoms with Crippen LogP contribution in [0.5, 0.6) is 0 Å². The molecule has 3 aliphatic rings. The molecule has 2 aliphatic heterocycles. The first kappa shape index (κ1) is 41.5. The molecule has 284 valence electrons. The molecule has 0 spiro atoms. The van der Waals surface area contributed by atoms with Gasteiger partial charge in [0.15, 0.2) is 6.10 Å². The number of esters is 1. The van der Waals surface area contributed by atoms with Gasteiger partial charge >= 0.3 is 18.2 Å². The van der Waals surface area contributed by atoms with E-state index in [0.717, 1.165) is 37.7 Å². The normalized spacial score (nSPS) is 30.3. The molecule has 2 fully saturated rings. The zero-order chi connectivity index (χ0) is 36.9. The highest BCUT2D eigenvalue weighted by Crippen LogP contribution is 2.30. The van der Waals surface area contributed by atoms with Crippen molar-refractivity contribution in [2.24, 2.45) is 11.8 Å². The predicted molar refractivity (Wildman–Crippen MR) is 192 cm³/mol. The van der Waals surface area contributed by atoms with Gasteiger partial charge < -0.3 is 39.2 Å². The van der Waals surface area contributed by atoms with Crippen LogP contribution < -0.4 is 0 Å². The molecule has 12 heteroatoms. The van der Waals surface area contributed by atoms with Crippen LogP contribution in [-0.2, 0) is 19.0 Å². The monoisotopic (exact) mass is 705 g/mol. The number of aliphatic hydroxyl groups excluding tert-OH is 1. The van der Waals surface area contributed by atoms with Crippen LogP contribution >= 0.6 is 0 Å². The lowest BCUT2D eigenvalue weighted by Crippen LogP contribution is -2.61. The summed E-state index contributed by atoms with van der Waals surface area (Å²) in [4.78, 5) is 41.5. The second kappa shape index (κ2) is 19.6. The molecule has 12 nitrogen and oxygen atoms in total. The highest BCUT2D eigenvalue weighted by atomic mass is 16.6. The minimum absolute atomic E-state index is 0.0530. The Bertz CT molecular complexity index is 1190. The van der Waals surface area contributed by atoms with Gasteiger partial charge in [-0.05, 0) is 70.4 Å². The molecule has 1 saturated carbocycles. The van der Waals surface area contributed by atoms with Crippen LogP contribution in [0.15, 0.2) is 36.0 Å². The van der Waals surface area contributed by atoms with Crippen LogP contribution in [0, 0.1) is 17.0 Å². The lowest BCUT2D eigenvalue weighted by atomic mass is 9.89. The van der Waals surface area contributed by atoms with Crippen molar-refractivity contribution >= 4 is 18.2 Å². The van der Waals surface area contributed by atoms with Crippen LogP contribution in [0.25, 0.3) is 0 Å². The van der Waals surface area contributed by atoms with E-state index < -0.39 is 36.0 Å². The minimum atomic E-state index is -1.53. The third-order valence-corrected chi connectivity index (χ3v) is 10.4. The fourth-order valence-electron chi connectivity index (χ4n) is 7.00. The number of carbonyl (C=O) groups is 3. The predicted octanol–water partition coefficient (Wildman–Crippen LogP) is 5.86. The SMILES string of the molecule is CCCN(C)C(=O)OC[C@@H](C)/C=C/C=C(\C)[C@H]1OC(=O)C[C@@H](O)CC[C@](C)(O)C(OC(=O)N2CC[N+]([O-])(C3CCCCCC3)CC2)/C=C/[C@@H]1C. The largest absolute Gasteiger partial charge is 0.632 e. The van der Waals surface area contributed by atoms with E-state index in [1.54, 1.807) is 35.9 Å². The number of carbonyl (C=O) groups excluding carboxylic acids is 3. The van der Waals surface area contributed by atoms with Crippen LogP contribution in [0.4, 0.5) is 9.59 Å². The number of quaternary nitrogens is 1. The standard InChI is InChI=1S/C38H63N3O9/c1-7-21-39(6)36(44)48-27-28(2)13-12-14-29(3)35-30(4)17-18-33(38(5,46)20-19-32(42)26-34(43)50-35)49-37(45)40-22-24-41(47,25-23-40)31-15-10-8-9-11-16-31/h12-14,17-18,28,30-33,35,42,46H,7-11,15-16,19-27H2,1-6H3/b13-12+,18-17+,29-14+/t28-,30-,32-,33?,35+,38-/m0/s1. The molecule has 0 aromatic rings. The lowest BCUT2D eigenvalue weighted by Gasteiger charge is -2.53. The van der Waals surface area contributed by atoms with Crippen molar-refractivity contribution in [1.29, 1.82) is 0 Å². The van der Waals surface area contributed by atoms with Crippen molar-refractivity contribution in [2.75, 3.05) is 46.4 Å². The number of ether oxygens (including phenoxy) is 3. The van der Waals surface area contributed by atoms with E-state index in [9.17, 15) is 29.8 Å². The Morgan fingerprint density at radius 3 is 2.48 bits per heavy atom. The van der Waals surface area contributed by atoms with Gasteiger partial charge in [0.05, 0.1) is 51.4 Å². The average molecular weight is 706 g/mol. The molecule has 2 amide bonds. The average Bonchev–Trinajstić information content (AvgIpc) is 3.37. The summed E-state index contributed by atoms with van der Waals surface area (Å²) in [5.41, 5.74) is -0.787. The topological polar surface area (TPSA) is 149 Å². The third kappa shape index (κ3) is 12.7. The van der Waals surface area contributed by atoms with Gasteiger partial charge in [-0.15, -0.1) is 0 Å². The number of hydrogen-bond acceptors (Lipinski definition) is 9. The summed E-state index contributed by atoms with van der Waals surface area (Å²) in [6.45, 7) is 11.3. The smallest absolute Gasteiger partial charge is 0.410 e. The van der Waals surface area contributed by atoms with Gasteiger partial charge in [-0.3, -0.25) is 9.69 Å². The zero-order valence-electron chi connectivity index (χ0n) is 31.3. The number of aliphatic hydroxyl groups is 2. The Hall–Kier alpha value is -2.93. The van der Waals surface area contributed by atoms with Gasteiger partial charge in [0.2, 0.25) is 0 Å². The Morgan fingerprint density at radius 1 is 1.18 bits per heavy atom. The van der Waals surface area contributed by atoms with Crippen LogP contribution in [0.2, 0.25) is 0 Å². The van der Waals surface area contributed by atoms with E-state index in [4.69, 9.17) is 14.2 Å². The van der Waals surface area contributed by atoms with Crippen molar-refractivity contribution in [1.82, 2.24) is 9.80 Å². The zero-order valence-corrected chi connectivity index (χ0v) is 31.3. The van der Waals surface area contributed by atoms with Gasteiger partial charge in [-0.25, -0.2) is 9.59 Å². The number of allylic oxidation sites excluding steroid dienone is 2. The van der Waals surface area contributed by atoms with Crippen molar-refractivity contribution in [3.8, 4) is 0 Å². The van der Waals surface area contributed by atoms with Gasteiger partial charge in [-0.1, -0.05) is 57.9 Å². The second-order valence-corrected chi connectivity index (χ2v) is 15.0. The van der Waals surface area contributed by atoms with Gasteiger partial charge in [0, 0.05) is 25.4 Å². The first-order chi connectivity index (χ1) is 23.6. The fraction of sp³-hybridized carbons (Fsp3) is 0.763. The number of hydroxylamine groups is 3. The summed E-state index contributed by atoms with van der Waals surface area (Å²) >= 11 is 0. The molecule has 0 aromatic heterocycles. The van der Waals surface area contributed by atoms with E-state index in [0.29, 0.717) is 32.7 Å². The number of piperazine rings is 1. The maximum absolute atomic E-state index is 13.7. The number of amides is 2. The molecular weight excluding hydrogens is 642 g/mol. The number of rotatable bonds is 9. The molecule has 6 atom stereocenters. The Labute approximate surface area is 299 Å². The van der Waals surface area contributed by atoms with E-state index in [1.807, 2.05) is 45.9 Å². The summed E-state index contributed by atoms with van der Waals surface area (Å²) in [5.74, 6) is -0.985. The highest BCUT2D eigenvalue weighted by Gasteiger charge is 2.39. The van der Waals surface area contributed by atoms with Gasteiger partial charge in [-0.2, -0.15) is 0 Å². The number of hydrogen-bond donors (Lipinski definition) is 2.